The van der Waals surface area contributed by atoms with Gasteiger partial charge in [0.05, 0.1) is 12.7 Å². The predicted octanol–water partition coefficient (Wildman–Crippen LogP) is 5.22. The average molecular weight is 350 g/mol. The van der Waals surface area contributed by atoms with Gasteiger partial charge in [0.15, 0.2) is 0 Å². The lowest BCUT2D eigenvalue weighted by Gasteiger charge is -2.16. The number of rotatable bonds is 6. The van der Waals surface area contributed by atoms with Crippen molar-refractivity contribution in [1.82, 2.24) is 0 Å². The van der Waals surface area contributed by atoms with Gasteiger partial charge < -0.3 is 14.2 Å². The number of hydrogen-bond donors (Lipinski definition) is 0. The molecule has 0 amide bonds. The van der Waals surface area contributed by atoms with E-state index in [0.29, 0.717) is 12.0 Å². The number of benzene rings is 2. The molecule has 0 aliphatic rings. The van der Waals surface area contributed by atoms with Crippen molar-refractivity contribution in [2.45, 2.75) is 33.3 Å². The number of aryl methyl sites for hydroxylation is 2. The first-order chi connectivity index (χ1) is 12.0. The molecule has 0 spiro atoms. The Balaban J connectivity index is 2.30. The Morgan fingerprint density at radius 1 is 1.16 bits per heavy atom. The van der Waals surface area contributed by atoms with Crippen molar-refractivity contribution in [1.29, 1.82) is 0 Å². The highest BCUT2D eigenvalue weighted by atomic mass is 19.3. The van der Waals surface area contributed by atoms with E-state index in [4.69, 9.17) is 9.47 Å². The van der Waals surface area contributed by atoms with E-state index in [1.165, 1.54) is 19.2 Å². The Kier molecular flexibility index (Phi) is 6.33. The van der Waals surface area contributed by atoms with Crippen LogP contribution in [0.25, 0.3) is 0 Å². The first kappa shape index (κ1) is 18.7. The van der Waals surface area contributed by atoms with E-state index < -0.39 is 12.6 Å². The molecule has 6 heteroatoms. The lowest BCUT2D eigenvalue weighted by molar-refractivity contribution is 0.120. The Labute approximate surface area is 145 Å². The van der Waals surface area contributed by atoms with E-state index in [1.807, 2.05) is 13.0 Å². The lowest BCUT2D eigenvalue weighted by Crippen LogP contribution is -2.11. The van der Waals surface area contributed by atoms with Crippen LogP contribution in [0.15, 0.2) is 36.4 Å². The third-order valence-electron chi connectivity index (χ3n) is 3.74. The van der Waals surface area contributed by atoms with Crippen molar-refractivity contribution >= 4 is 6.16 Å². The maximum Gasteiger partial charge on any atom is 0.513 e. The van der Waals surface area contributed by atoms with Gasteiger partial charge in [-0.1, -0.05) is 30.7 Å². The number of alkyl halides is 2. The Bertz CT molecular complexity index is 744. The van der Waals surface area contributed by atoms with Gasteiger partial charge in [-0.05, 0) is 37.1 Å². The van der Waals surface area contributed by atoms with Crippen LogP contribution in [0.3, 0.4) is 0 Å². The predicted molar refractivity (Wildman–Crippen MR) is 89.3 cm³/mol. The number of hydrogen-bond acceptors (Lipinski definition) is 4. The summed E-state index contributed by atoms with van der Waals surface area (Å²) in [5.74, 6) is 0.396. The molecule has 0 saturated carbocycles. The number of halogens is 2. The minimum Gasteiger partial charge on any atom is -0.488 e. The second-order valence-electron chi connectivity index (χ2n) is 5.43. The Morgan fingerprint density at radius 3 is 2.56 bits per heavy atom. The second-order valence-corrected chi connectivity index (χ2v) is 5.43. The molecule has 0 N–H and O–H groups in total. The van der Waals surface area contributed by atoms with Gasteiger partial charge in [-0.15, -0.1) is 0 Å². The zero-order valence-corrected chi connectivity index (χ0v) is 14.3. The summed E-state index contributed by atoms with van der Waals surface area (Å²) in [5, 5.41) is 0. The summed E-state index contributed by atoms with van der Waals surface area (Å²) in [6.45, 7) is 3.68. The van der Waals surface area contributed by atoms with E-state index in [-0.39, 0.29) is 23.7 Å². The Morgan fingerprint density at radius 2 is 1.92 bits per heavy atom. The molecule has 0 fully saturated rings. The highest BCUT2D eigenvalue weighted by molar-refractivity contribution is 5.64. The second kappa shape index (κ2) is 8.46. The largest absolute Gasteiger partial charge is 0.513 e. The van der Waals surface area contributed by atoms with Gasteiger partial charge in [-0.3, -0.25) is 0 Å². The third kappa shape index (κ3) is 4.68. The molecule has 2 aromatic carbocycles. The number of carbonyl (C=O) groups is 1. The molecule has 2 rings (SSSR count). The molecule has 0 bridgehead atoms. The Hall–Kier alpha value is -2.63. The maximum atomic E-state index is 13.2. The maximum absolute atomic E-state index is 13.2. The van der Waals surface area contributed by atoms with Gasteiger partial charge >= 0.3 is 6.16 Å². The first-order valence-corrected chi connectivity index (χ1v) is 7.84. The van der Waals surface area contributed by atoms with Crippen molar-refractivity contribution in [2.24, 2.45) is 0 Å². The zero-order valence-electron chi connectivity index (χ0n) is 14.3. The average Bonchev–Trinajstić information content (AvgIpc) is 2.60. The van der Waals surface area contributed by atoms with Crippen molar-refractivity contribution in [3.63, 3.8) is 0 Å². The van der Waals surface area contributed by atoms with Crippen LogP contribution < -0.4 is 9.47 Å². The fourth-order valence-electron chi connectivity index (χ4n) is 2.45. The highest BCUT2D eigenvalue weighted by Crippen LogP contribution is 2.32. The topological polar surface area (TPSA) is 44.8 Å². The smallest absolute Gasteiger partial charge is 0.488 e. The molecular weight excluding hydrogens is 330 g/mol. The van der Waals surface area contributed by atoms with Crippen LogP contribution in [0.2, 0.25) is 0 Å². The van der Waals surface area contributed by atoms with Gasteiger partial charge in [0.25, 0.3) is 6.43 Å². The van der Waals surface area contributed by atoms with E-state index in [2.05, 4.69) is 4.74 Å². The summed E-state index contributed by atoms with van der Waals surface area (Å²) in [5.41, 5.74) is 2.08. The zero-order chi connectivity index (χ0) is 18.4. The summed E-state index contributed by atoms with van der Waals surface area (Å²) in [6, 6.07) is 9.85. The standard InChI is InChI=1S/C19H20F2O4/c1-4-13-6-5-7-17(25-19(22)23-3)15(13)11-24-16-9-8-12(2)10-14(16)18(20)21/h5-10,18H,4,11H2,1-3H3. The van der Waals surface area contributed by atoms with Crippen LogP contribution in [-0.2, 0) is 17.8 Å². The molecular formula is C19H20F2O4. The summed E-state index contributed by atoms with van der Waals surface area (Å²) in [7, 11) is 1.21. The van der Waals surface area contributed by atoms with Crippen LogP contribution in [0.1, 0.15) is 35.6 Å². The van der Waals surface area contributed by atoms with Gasteiger partial charge in [0.1, 0.15) is 18.1 Å². The van der Waals surface area contributed by atoms with Crippen LogP contribution in [0.4, 0.5) is 13.6 Å². The molecule has 0 aliphatic heterocycles. The third-order valence-corrected chi connectivity index (χ3v) is 3.74. The quantitative estimate of drug-likeness (QED) is 0.529. The monoisotopic (exact) mass is 350 g/mol. The highest BCUT2D eigenvalue weighted by Gasteiger charge is 2.17. The van der Waals surface area contributed by atoms with Crippen LogP contribution in [0, 0.1) is 6.92 Å². The van der Waals surface area contributed by atoms with Gasteiger partial charge in [0, 0.05) is 5.56 Å². The van der Waals surface area contributed by atoms with Gasteiger partial charge in [-0.2, -0.15) is 0 Å². The normalized spacial score (nSPS) is 10.6. The molecule has 25 heavy (non-hydrogen) atoms. The molecule has 0 aliphatic carbocycles. The molecule has 134 valence electrons. The molecule has 0 saturated heterocycles. The number of ether oxygens (including phenoxy) is 3. The molecule has 2 aromatic rings. The number of methoxy groups -OCH3 is 1. The van der Waals surface area contributed by atoms with E-state index in [9.17, 15) is 13.6 Å². The van der Waals surface area contributed by atoms with Crippen molar-refractivity contribution in [2.75, 3.05) is 7.11 Å². The van der Waals surface area contributed by atoms with Crippen LogP contribution >= 0.6 is 0 Å². The van der Waals surface area contributed by atoms with E-state index in [1.54, 1.807) is 25.1 Å². The number of carbonyl (C=O) groups excluding carboxylic acids is 1. The van der Waals surface area contributed by atoms with Crippen molar-refractivity contribution < 1.29 is 27.8 Å². The van der Waals surface area contributed by atoms with Gasteiger partial charge in [0.2, 0.25) is 0 Å². The first-order valence-electron chi connectivity index (χ1n) is 7.84. The summed E-state index contributed by atoms with van der Waals surface area (Å²) >= 11 is 0. The fourth-order valence-corrected chi connectivity index (χ4v) is 2.45. The molecule has 0 aromatic heterocycles. The van der Waals surface area contributed by atoms with Gasteiger partial charge in [-0.25, -0.2) is 13.6 Å². The van der Waals surface area contributed by atoms with Crippen LogP contribution in [-0.4, -0.2) is 13.3 Å². The molecule has 4 nitrogen and oxygen atoms in total. The van der Waals surface area contributed by atoms with Crippen LogP contribution in [0.5, 0.6) is 11.5 Å². The minimum absolute atomic E-state index is 0.000871. The van der Waals surface area contributed by atoms with E-state index >= 15 is 0 Å². The summed E-state index contributed by atoms with van der Waals surface area (Å²) in [6.07, 6.45) is -2.81. The minimum atomic E-state index is -2.64. The molecule has 0 atom stereocenters. The molecule has 0 heterocycles. The lowest BCUT2D eigenvalue weighted by atomic mass is 10.0. The summed E-state index contributed by atoms with van der Waals surface area (Å²) in [4.78, 5) is 11.4. The van der Waals surface area contributed by atoms with Crippen molar-refractivity contribution in [3.8, 4) is 11.5 Å². The van der Waals surface area contributed by atoms with E-state index in [0.717, 1.165) is 11.1 Å². The molecule has 0 unspecified atom stereocenters. The SMILES string of the molecule is CCc1cccc(OC(=O)OC)c1COc1ccc(C)cc1C(F)F. The van der Waals surface area contributed by atoms with Crippen molar-refractivity contribution in [3.05, 3.63) is 58.7 Å². The molecule has 0 radical (unpaired) electrons. The summed E-state index contributed by atoms with van der Waals surface area (Å²) < 4.78 is 41.7. The fraction of sp³-hybridized carbons (Fsp3) is 0.316.